The molecule has 1 heterocycles. The third-order valence-corrected chi connectivity index (χ3v) is 4.77. The predicted molar refractivity (Wildman–Crippen MR) is 81.7 cm³/mol. The van der Waals surface area contributed by atoms with E-state index in [9.17, 15) is 8.42 Å². The number of rotatable bonds is 6. The molecule has 0 saturated carbocycles. The van der Waals surface area contributed by atoms with E-state index in [1.54, 1.807) is 12.1 Å². The van der Waals surface area contributed by atoms with E-state index in [2.05, 4.69) is 30.5 Å². The smallest absolute Gasteiger partial charge is 0.283 e. The Balaban J connectivity index is 2.25. The van der Waals surface area contributed by atoms with Crippen molar-refractivity contribution in [1.29, 1.82) is 0 Å². The highest BCUT2D eigenvalue weighted by Gasteiger charge is 2.29. The second-order valence-corrected chi connectivity index (χ2v) is 7.17. The molecule has 2 rings (SSSR count). The minimum Gasteiger partial charge on any atom is -0.314 e. The average Bonchev–Trinajstić information content (AvgIpc) is 2.61. The Kier molecular flexibility index (Phi) is 4.60. The van der Waals surface area contributed by atoms with Crippen molar-refractivity contribution >= 4 is 15.7 Å². The van der Waals surface area contributed by atoms with Gasteiger partial charge in [-0.2, -0.15) is 12.8 Å². The summed E-state index contributed by atoms with van der Waals surface area (Å²) < 4.78 is 28.0. The zero-order valence-corrected chi connectivity index (χ0v) is 13.1. The molecule has 110 valence electrons. The lowest BCUT2D eigenvalue weighted by Gasteiger charge is -2.19. The van der Waals surface area contributed by atoms with Gasteiger partial charge in [-0.3, -0.25) is 0 Å². The molecule has 0 aromatic heterocycles. The van der Waals surface area contributed by atoms with Gasteiger partial charge in [-0.05, 0) is 24.9 Å². The highest BCUT2D eigenvalue weighted by molar-refractivity contribution is 7.90. The van der Waals surface area contributed by atoms with E-state index < -0.39 is 10.0 Å². The molecule has 0 bridgehead atoms. The minimum absolute atomic E-state index is 0.264. The fraction of sp³-hybridized carbons (Fsp3) is 0.533. The molecule has 4 nitrogen and oxygen atoms in total. The summed E-state index contributed by atoms with van der Waals surface area (Å²) in [5.74, 6) is 0.563. The first-order valence-electron chi connectivity index (χ1n) is 7.10. The van der Waals surface area contributed by atoms with Gasteiger partial charge in [0.15, 0.2) is 0 Å². The van der Waals surface area contributed by atoms with Crippen LogP contribution in [0.3, 0.4) is 0 Å². The molecule has 0 saturated heterocycles. The number of nitrogens with one attached hydrogen (secondary N) is 1. The molecule has 1 N–H and O–H groups in total. The van der Waals surface area contributed by atoms with Crippen LogP contribution < -0.4 is 5.32 Å². The molecule has 20 heavy (non-hydrogen) atoms. The first-order valence-corrected chi connectivity index (χ1v) is 8.54. The Morgan fingerprint density at radius 1 is 1.25 bits per heavy atom. The van der Waals surface area contributed by atoms with Gasteiger partial charge in [0.2, 0.25) is 0 Å². The van der Waals surface area contributed by atoms with E-state index in [0.717, 1.165) is 18.5 Å². The van der Waals surface area contributed by atoms with E-state index >= 15 is 0 Å². The highest BCUT2D eigenvalue weighted by Crippen LogP contribution is 2.28. The summed E-state index contributed by atoms with van der Waals surface area (Å²) in [6.45, 7) is 7.28. The number of hydrogen-bond donors (Lipinski definition) is 1. The van der Waals surface area contributed by atoms with E-state index in [1.165, 1.54) is 0 Å². The van der Waals surface area contributed by atoms with Gasteiger partial charge in [0.1, 0.15) is 0 Å². The molecule has 1 unspecified atom stereocenters. The maximum Gasteiger partial charge on any atom is 0.283 e. The summed E-state index contributed by atoms with van der Waals surface area (Å²) in [6.07, 6.45) is 1.66. The van der Waals surface area contributed by atoms with Crippen molar-refractivity contribution in [2.75, 3.05) is 6.54 Å². The molecule has 1 aliphatic heterocycles. The highest BCUT2D eigenvalue weighted by atomic mass is 32.2. The van der Waals surface area contributed by atoms with Crippen molar-refractivity contribution < 1.29 is 8.42 Å². The molecule has 0 spiro atoms. The largest absolute Gasteiger partial charge is 0.314 e. The lowest BCUT2D eigenvalue weighted by Crippen LogP contribution is -2.32. The van der Waals surface area contributed by atoms with Crippen molar-refractivity contribution in [3.05, 3.63) is 29.8 Å². The Morgan fingerprint density at radius 2 is 1.95 bits per heavy atom. The SMILES string of the molecule is CCNC(CC1=NS(=O)(=O)c2ccccc21)CC(C)C. The van der Waals surface area contributed by atoms with Crippen LogP contribution in [0.15, 0.2) is 33.6 Å². The predicted octanol–water partition coefficient (Wildman–Crippen LogP) is 2.59. The van der Waals surface area contributed by atoms with Gasteiger partial charge in [0.05, 0.1) is 10.6 Å². The van der Waals surface area contributed by atoms with E-state index in [0.29, 0.717) is 22.9 Å². The maximum absolute atomic E-state index is 12.0. The summed E-state index contributed by atoms with van der Waals surface area (Å²) in [5.41, 5.74) is 1.45. The van der Waals surface area contributed by atoms with Gasteiger partial charge in [-0.15, -0.1) is 0 Å². The molecule has 1 aromatic rings. The summed E-state index contributed by atoms with van der Waals surface area (Å²) in [5, 5.41) is 3.42. The van der Waals surface area contributed by atoms with E-state index in [1.807, 2.05) is 12.1 Å². The number of benzene rings is 1. The van der Waals surface area contributed by atoms with E-state index in [-0.39, 0.29) is 6.04 Å². The number of hydrogen-bond acceptors (Lipinski definition) is 3. The normalized spacial score (nSPS) is 17.9. The monoisotopic (exact) mass is 294 g/mol. The topological polar surface area (TPSA) is 58.5 Å². The van der Waals surface area contributed by atoms with Gasteiger partial charge in [-0.1, -0.05) is 39.0 Å². The van der Waals surface area contributed by atoms with Crippen LogP contribution in [0, 0.1) is 5.92 Å². The lowest BCUT2D eigenvalue weighted by molar-refractivity contribution is 0.435. The van der Waals surface area contributed by atoms with Gasteiger partial charge in [0, 0.05) is 18.0 Å². The second kappa shape index (κ2) is 6.06. The lowest BCUT2D eigenvalue weighted by atomic mass is 9.96. The Bertz CT molecular complexity index is 606. The first-order chi connectivity index (χ1) is 9.44. The second-order valence-electron chi connectivity index (χ2n) is 5.60. The zero-order valence-electron chi connectivity index (χ0n) is 12.3. The molecule has 0 aliphatic carbocycles. The zero-order chi connectivity index (χ0) is 14.8. The molecular formula is C15H22N2O2S. The minimum atomic E-state index is -3.48. The Hall–Kier alpha value is -1.20. The third kappa shape index (κ3) is 3.27. The van der Waals surface area contributed by atoms with E-state index in [4.69, 9.17) is 0 Å². The van der Waals surface area contributed by atoms with Crippen LogP contribution in [0.25, 0.3) is 0 Å². The summed E-state index contributed by atoms with van der Waals surface area (Å²) >= 11 is 0. The Labute approximate surface area is 121 Å². The maximum atomic E-state index is 12.0. The van der Waals surface area contributed by atoms with Crippen molar-refractivity contribution in [2.45, 2.75) is 44.6 Å². The van der Waals surface area contributed by atoms with Crippen molar-refractivity contribution in [3.63, 3.8) is 0 Å². The van der Waals surface area contributed by atoms with Gasteiger partial charge < -0.3 is 5.32 Å². The number of sulfonamides is 1. The van der Waals surface area contributed by atoms with Crippen LogP contribution in [-0.4, -0.2) is 26.7 Å². The fourth-order valence-corrected chi connectivity index (χ4v) is 3.93. The van der Waals surface area contributed by atoms with Gasteiger partial charge in [-0.25, -0.2) is 0 Å². The van der Waals surface area contributed by atoms with Crippen LogP contribution in [-0.2, 0) is 10.0 Å². The van der Waals surface area contributed by atoms with Gasteiger partial charge in [0.25, 0.3) is 10.0 Å². The molecule has 1 atom stereocenters. The van der Waals surface area contributed by atoms with Gasteiger partial charge >= 0.3 is 0 Å². The molecule has 0 amide bonds. The number of nitrogens with zero attached hydrogens (tertiary/aromatic N) is 1. The van der Waals surface area contributed by atoms with Crippen LogP contribution >= 0.6 is 0 Å². The van der Waals surface area contributed by atoms with Crippen molar-refractivity contribution in [2.24, 2.45) is 10.3 Å². The standard InChI is InChI=1S/C15H22N2O2S/c1-4-16-12(9-11(2)3)10-14-13-7-5-6-8-15(13)20(18,19)17-14/h5-8,11-12,16H,4,9-10H2,1-3H3. The van der Waals surface area contributed by atoms with Crippen LogP contribution in [0.4, 0.5) is 0 Å². The van der Waals surface area contributed by atoms with Crippen LogP contribution in [0.5, 0.6) is 0 Å². The van der Waals surface area contributed by atoms with Crippen molar-refractivity contribution in [3.8, 4) is 0 Å². The average molecular weight is 294 g/mol. The molecular weight excluding hydrogens is 272 g/mol. The Morgan fingerprint density at radius 3 is 2.60 bits per heavy atom. The summed E-state index contributed by atoms with van der Waals surface area (Å²) in [7, 11) is -3.48. The molecule has 0 radical (unpaired) electrons. The first kappa shape index (κ1) is 15.2. The molecule has 1 aromatic carbocycles. The van der Waals surface area contributed by atoms with Crippen LogP contribution in [0.1, 0.15) is 39.2 Å². The fourth-order valence-electron chi connectivity index (χ4n) is 2.65. The molecule has 0 fully saturated rings. The number of fused-ring (bicyclic) bond motifs is 1. The summed E-state index contributed by atoms with van der Waals surface area (Å²) in [4.78, 5) is 0.342. The molecule has 5 heteroatoms. The van der Waals surface area contributed by atoms with Crippen LogP contribution in [0.2, 0.25) is 0 Å². The van der Waals surface area contributed by atoms with Crippen molar-refractivity contribution in [1.82, 2.24) is 5.32 Å². The molecule has 1 aliphatic rings. The third-order valence-electron chi connectivity index (χ3n) is 3.39. The summed E-state index contributed by atoms with van der Waals surface area (Å²) in [6, 6.07) is 7.34. The quantitative estimate of drug-likeness (QED) is 0.877.